The molecule has 0 N–H and O–H groups in total. The molecule has 0 unspecified atom stereocenters. The Morgan fingerprint density at radius 3 is 1.20 bits per heavy atom. The van der Waals surface area contributed by atoms with Gasteiger partial charge in [0.1, 0.15) is 0 Å². The smallest absolute Gasteiger partial charge is 0.0729 e. The van der Waals surface area contributed by atoms with Gasteiger partial charge in [-0.15, -0.1) is 0 Å². The minimum Gasteiger partial charge on any atom is -0.377 e. The molecule has 0 radical (unpaired) electrons. The van der Waals surface area contributed by atoms with E-state index in [9.17, 15) is 0 Å². The third-order valence-corrected chi connectivity index (χ3v) is 4.55. The Bertz CT molecular complexity index is 433. The highest BCUT2D eigenvalue weighted by Crippen LogP contribution is 2.23. The zero-order valence-corrected chi connectivity index (χ0v) is 16.1. The Balaban J connectivity index is 1.79. The van der Waals surface area contributed by atoms with Crippen LogP contribution in [0.4, 0.5) is 0 Å². The maximum Gasteiger partial charge on any atom is 0.0729 e. The molecule has 142 valence electrons. The van der Waals surface area contributed by atoms with E-state index in [0.29, 0.717) is 79.3 Å². The predicted molar refractivity (Wildman–Crippen MR) is 96.7 cm³/mol. The van der Waals surface area contributed by atoms with Crippen molar-refractivity contribution in [1.29, 1.82) is 0 Å². The molecule has 0 saturated heterocycles. The van der Waals surface area contributed by atoms with Crippen LogP contribution in [-0.4, -0.2) is 66.1 Å². The SMILES string of the molecule is Brc1c2cccc1COCCOCCOCCOCCOCCOC2. The fourth-order valence-electron chi connectivity index (χ4n) is 2.22. The molecule has 0 atom stereocenters. The molecular weight excluding hydrogens is 392 g/mol. The van der Waals surface area contributed by atoms with Gasteiger partial charge >= 0.3 is 0 Å². The minimum absolute atomic E-state index is 0.536. The third kappa shape index (κ3) is 9.10. The summed E-state index contributed by atoms with van der Waals surface area (Å²) in [4.78, 5) is 0. The predicted octanol–water partition coefficient (Wildman–Crippen LogP) is 2.56. The maximum absolute atomic E-state index is 5.68. The summed E-state index contributed by atoms with van der Waals surface area (Å²) in [6.45, 7) is 6.64. The Morgan fingerprint density at radius 2 is 0.840 bits per heavy atom. The third-order valence-electron chi connectivity index (χ3n) is 3.53. The molecule has 2 rings (SSSR count). The van der Waals surface area contributed by atoms with Crippen LogP contribution >= 0.6 is 15.9 Å². The summed E-state index contributed by atoms with van der Waals surface area (Å²) < 4.78 is 34.2. The molecule has 1 aliphatic rings. The van der Waals surface area contributed by atoms with E-state index < -0.39 is 0 Å². The van der Waals surface area contributed by atoms with E-state index in [0.717, 1.165) is 15.6 Å². The van der Waals surface area contributed by atoms with Gasteiger partial charge in [-0.05, 0) is 11.1 Å². The Labute approximate surface area is 157 Å². The molecule has 0 aromatic heterocycles. The summed E-state index contributed by atoms with van der Waals surface area (Å²) >= 11 is 3.64. The Hall–Kier alpha value is -0.540. The highest BCUT2D eigenvalue weighted by atomic mass is 79.9. The van der Waals surface area contributed by atoms with E-state index in [1.54, 1.807) is 0 Å². The van der Waals surface area contributed by atoms with E-state index in [1.807, 2.05) is 18.2 Å². The number of fused-ring (bicyclic) bond motifs is 2. The van der Waals surface area contributed by atoms with Crippen LogP contribution in [0.2, 0.25) is 0 Å². The highest BCUT2D eigenvalue weighted by molar-refractivity contribution is 9.10. The first-order chi connectivity index (χ1) is 12.4. The van der Waals surface area contributed by atoms with Crippen molar-refractivity contribution in [2.75, 3.05) is 66.1 Å². The van der Waals surface area contributed by atoms with Gasteiger partial charge in [0.25, 0.3) is 0 Å². The summed E-state index contributed by atoms with van der Waals surface area (Å²) in [7, 11) is 0. The van der Waals surface area contributed by atoms with E-state index in [1.165, 1.54) is 0 Å². The molecule has 1 heterocycles. The van der Waals surface area contributed by atoms with Crippen molar-refractivity contribution in [2.24, 2.45) is 0 Å². The van der Waals surface area contributed by atoms with E-state index in [2.05, 4.69) is 15.9 Å². The van der Waals surface area contributed by atoms with Crippen LogP contribution in [0.3, 0.4) is 0 Å². The highest BCUT2D eigenvalue weighted by Gasteiger charge is 2.06. The lowest BCUT2D eigenvalue weighted by molar-refractivity contribution is -0.0181. The van der Waals surface area contributed by atoms with Crippen LogP contribution in [0.1, 0.15) is 11.1 Å². The minimum atomic E-state index is 0.536. The number of halogens is 1. The van der Waals surface area contributed by atoms with Gasteiger partial charge in [-0.3, -0.25) is 0 Å². The molecule has 0 aliphatic carbocycles. The molecule has 25 heavy (non-hydrogen) atoms. The van der Waals surface area contributed by atoms with Crippen molar-refractivity contribution in [2.45, 2.75) is 13.2 Å². The van der Waals surface area contributed by atoms with Gasteiger partial charge in [0.2, 0.25) is 0 Å². The molecule has 1 aromatic carbocycles. The van der Waals surface area contributed by atoms with Gasteiger partial charge in [0, 0.05) is 4.47 Å². The lowest BCUT2D eigenvalue weighted by atomic mass is 10.1. The number of hydrogen-bond acceptors (Lipinski definition) is 6. The average molecular weight is 419 g/mol. The van der Waals surface area contributed by atoms with Crippen molar-refractivity contribution in [3.8, 4) is 0 Å². The van der Waals surface area contributed by atoms with Gasteiger partial charge < -0.3 is 28.4 Å². The molecule has 7 heteroatoms. The molecule has 6 nitrogen and oxygen atoms in total. The Kier molecular flexibility index (Phi) is 11.3. The number of ether oxygens (including phenoxy) is 6. The van der Waals surface area contributed by atoms with Gasteiger partial charge in [-0.1, -0.05) is 34.1 Å². The zero-order valence-electron chi connectivity index (χ0n) is 14.5. The lowest BCUT2D eigenvalue weighted by Crippen LogP contribution is -2.13. The van der Waals surface area contributed by atoms with Crippen molar-refractivity contribution in [3.63, 3.8) is 0 Å². The molecule has 1 aliphatic heterocycles. The maximum atomic E-state index is 5.68. The lowest BCUT2D eigenvalue weighted by Gasteiger charge is -2.11. The average Bonchev–Trinajstić information content (AvgIpc) is 2.62. The molecule has 0 fully saturated rings. The molecular formula is C18H27BrO6. The second-order valence-corrected chi connectivity index (χ2v) is 6.24. The van der Waals surface area contributed by atoms with Crippen LogP contribution in [0.25, 0.3) is 0 Å². The second kappa shape index (κ2) is 13.6. The van der Waals surface area contributed by atoms with E-state index in [4.69, 9.17) is 28.4 Å². The number of hydrogen-bond donors (Lipinski definition) is 0. The fraction of sp³-hybridized carbons (Fsp3) is 0.667. The summed E-state index contributed by atoms with van der Waals surface area (Å²) in [5, 5.41) is 0. The first-order valence-electron chi connectivity index (χ1n) is 8.60. The summed E-state index contributed by atoms with van der Waals surface area (Å²) in [5.41, 5.74) is 2.20. The van der Waals surface area contributed by atoms with Gasteiger partial charge in [0.15, 0.2) is 0 Å². The second-order valence-electron chi connectivity index (χ2n) is 5.44. The molecule has 0 amide bonds. The zero-order chi connectivity index (χ0) is 17.6. The molecule has 1 aromatic rings. The summed E-state index contributed by atoms with van der Waals surface area (Å²) in [6.07, 6.45) is 0. The summed E-state index contributed by atoms with van der Waals surface area (Å²) in [5.74, 6) is 0. The fourth-order valence-corrected chi connectivity index (χ4v) is 2.71. The van der Waals surface area contributed by atoms with Crippen molar-refractivity contribution < 1.29 is 28.4 Å². The molecule has 0 spiro atoms. The topological polar surface area (TPSA) is 55.4 Å². The Morgan fingerprint density at radius 1 is 0.520 bits per heavy atom. The first-order valence-corrected chi connectivity index (χ1v) is 9.40. The van der Waals surface area contributed by atoms with Crippen LogP contribution in [0.15, 0.2) is 22.7 Å². The van der Waals surface area contributed by atoms with Gasteiger partial charge in [-0.25, -0.2) is 0 Å². The standard InChI is InChI=1S/C18H27BrO6/c19-18-16-2-1-3-17(18)15-25-13-11-23-9-7-21-5-4-20-6-8-22-10-12-24-14-16/h1-3H,4-15H2. The molecule has 2 bridgehead atoms. The van der Waals surface area contributed by atoms with Crippen molar-refractivity contribution >= 4 is 15.9 Å². The largest absolute Gasteiger partial charge is 0.377 e. The molecule has 0 saturated carbocycles. The quantitative estimate of drug-likeness (QED) is 0.645. The van der Waals surface area contributed by atoms with Crippen molar-refractivity contribution in [1.82, 2.24) is 0 Å². The summed E-state index contributed by atoms with van der Waals surface area (Å²) in [6, 6.07) is 6.10. The number of rotatable bonds is 0. The van der Waals surface area contributed by atoms with Crippen LogP contribution in [-0.2, 0) is 41.6 Å². The van der Waals surface area contributed by atoms with E-state index >= 15 is 0 Å². The normalized spacial score (nSPS) is 20.5. The van der Waals surface area contributed by atoms with Crippen LogP contribution in [0.5, 0.6) is 0 Å². The van der Waals surface area contributed by atoms with Crippen LogP contribution < -0.4 is 0 Å². The van der Waals surface area contributed by atoms with E-state index in [-0.39, 0.29) is 0 Å². The van der Waals surface area contributed by atoms with Gasteiger partial charge in [0.05, 0.1) is 79.3 Å². The van der Waals surface area contributed by atoms with Gasteiger partial charge in [-0.2, -0.15) is 0 Å². The van der Waals surface area contributed by atoms with Crippen LogP contribution in [0, 0.1) is 0 Å². The first kappa shape index (κ1) is 20.8. The monoisotopic (exact) mass is 418 g/mol. The van der Waals surface area contributed by atoms with Crippen molar-refractivity contribution in [3.05, 3.63) is 33.8 Å². The number of benzene rings is 1.